The zero-order valence-electron chi connectivity index (χ0n) is 9.78. The molecule has 0 saturated carbocycles. The molecule has 1 aliphatic rings. The molecule has 1 aromatic carbocycles. The fraction of sp³-hybridized carbons (Fsp3) is 0.333. The van der Waals surface area contributed by atoms with Crippen molar-refractivity contribution in [3.63, 3.8) is 0 Å². The largest absolute Gasteiger partial charge is 0.398 e. The van der Waals surface area contributed by atoms with Crippen LogP contribution in [0.2, 0.25) is 5.02 Å². The molecule has 1 aromatic rings. The van der Waals surface area contributed by atoms with Crippen LogP contribution in [0.3, 0.4) is 0 Å². The fourth-order valence-electron chi connectivity index (χ4n) is 1.85. The van der Waals surface area contributed by atoms with Gasteiger partial charge in [0.25, 0.3) is 5.91 Å². The highest BCUT2D eigenvalue weighted by Gasteiger charge is 2.21. The smallest absolute Gasteiger partial charge is 0.256 e. The minimum atomic E-state index is -0.188. The number of anilines is 1. The molecule has 0 aliphatic carbocycles. The Labute approximate surface area is 110 Å². The molecule has 96 valence electrons. The molecule has 6 heteroatoms. The number of benzene rings is 1. The van der Waals surface area contributed by atoms with Gasteiger partial charge in [0.1, 0.15) is 0 Å². The van der Waals surface area contributed by atoms with Gasteiger partial charge in [0, 0.05) is 36.8 Å². The second-order valence-corrected chi connectivity index (χ2v) is 4.56. The van der Waals surface area contributed by atoms with Crippen LogP contribution in [-0.2, 0) is 4.79 Å². The monoisotopic (exact) mass is 267 g/mol. The van der Waals surface area contributed by atoms with Crippen LogP contribution in [0.5, 0.6) is 0 Å². The number of halogens is 1. The number of amides is 2. The van der Waals surface area contributed by atoms with Gasteiger partial charge in [-0.25, -0.2) is 0 Å². The SMILES string of the molecule is Nc1ccc(Cl)cc1C(=O)N1CCNC(=O)CC1. The first-order valence-electron chi connectivity index (χ1n) is 5.69. The maximum Gasteiger partial charge on any atom is 0.256 e. The summed E-state index contributed by atoms with van der Waals surface area (Å²) in [6.45, 7) is 1.35. The minimum Gasteiger partial charge on any atom is -0.398 e. The van der Waals surface area contributed by atoms with E-state index in [1.165, 1.54) is 0 Å². The van der Waals surface area contributed by atoms with Crippen LogP contribution in [0.1, 0.15) is 16.8 Å². The van der Waals surface area contributed by atoms with Crippen LogP contribution < -0.4 is 11.1 Å². The predicted octanol–water partition coefficient (Wildman–Crippen LogP) is 0.884. The van der Waals surface area contributed by atoms with Gasteiger partial charge in [-0.1, -0.05) is 11.6 Å². The molecule has 0 atom stereocenters. The van der Waals surface area contributed by atoms with Crippen molar-refractivity contribution in [1.82, 2.24) is 10.2 Å². The van der Waals surface area contributed by atoms with E-state index in [1.807, 2.05) is 0 Å². The Balaban J connectivity index is 2.19. The van der Waals surface area contributed by atoms with Crippen LogP contribution in [0.15, 0.2) is 18.2 Å². The predicted molar refractivity (Wildman–Crippen MR) is 69.4 cm³/mol. The summed E-state index contributed by atoms with van der Waals surface area (Å²) in [7, 11) is 0. The summed E-state index contributed by atoms with van der Waals surface area (Å²) in [6, 6.07) is 4.80. The van der Waals surface area contributed by atoms with Crippen molar-refractivity contribution in [3.8, 4) is 0 Å². The van der Waals surface area contributed by atoms with Gasteiger partial charge in [0.2, 0.25) is 5.91 Å². The quantitative estimate of drug-likeness (QED) is 0.742. The zero-order valence-corrected chi connectivity index (χ0v) is 10.5. The van der Waals surface area contributed by atoms with E-state index in [-0.39, 0.29) is 11.8 Å². The van der Waals surface area contributed by atoms with Crippen LogP contribution in [0, 0.1) is 0 Å². The number of hydrogen-bond donors (Lipinski definition) is 2. The minimum absolute atomic E-state index is 0.0376. The van der Waals surface area contributed by atoms with E-state index in [2.05, 4.69) is 5.32 Å². The number of carbonyl (C=O) groups excluding carboxylic acids is 2. The van der Waals surface area contributed by atoms with E-state index in [0.717, 1.165) is 0 Å². The van der Waals surface area contributed by atoms with Crippen LogP contribution in [0.25, 0.3) is 0 Å². The third kappa shape index (κ3) is 2.73. The summed E-state index contributed by atoms with van der Waals surface area (Å²) < 4.78 is 0. The number of nitrogens with zero attached hydrogens (tertiary/aromatic N) is 1. The van der Waals surface area contributed by atoms with Gasteiger partial charge in [-0.15, -0.1) is 0 Å². The van der Waals surface area contributed by atoms with Crippen molar-refractivity contribution in [1.29, 1.82) is 0 Å². The second kappa shape index (κ2) is 5.27. The molecule has 0 unspecified atom stereocenters. The van der Waals surface area contributed by atoms with Crippen molar-refractivity contribution in [2.45, 2.75) is 6.42 Å². The number of carbonyl (C=O) groups is 2. The Bertz CT molecular complexity index is 490. The normalized spacial score (nSPS) is 16.1. The van der Waals surface area contributed by atoms with Gasteiger partial charge in [-0.05, 0) is 18.2 Å². The molecule has 0 bridgehead atoms. The Morgan fingerprint density at radius 3 is 2.94 bits per heavy atom. The lowest BCUT2D eigenvalue weighted by molar-refractivity contribution is -0.120. The first kappa shape index (κ1) is 12.7. The molecule has 1 saturated heterocycles. The van der Waals surface area contributed by atoms with Crippen molar-refractivity contribution in [2.24, 2.45) is 0 Å². The summed E-state index contributed by atoms with van der Waals surface area (Å²) in [5.74, 6) is -0.226. The number of nitrogens with two attached hydrogens (primary N) is 1. The van der Waals surface area contributed by atoms with Gasteiger partial charge in [0.05, 0.1) is 5.56 Å². The Hall–Kier alpha value is -1.75. The maximum absolute atomic E-state index is 12.3. The molecule has 0 aromatic heterocycles. The molecule has 1 heterocycles. The maximum atomic E-state index is 12.3. The van der Waals surface area contributed by atoms with Crippen molar-refractivity contribution >= 4 is 29.1 Å². The average Bonchev–Trinajstić information content (AvgIpc) is 2.56. The number of nitrogen functional groups attached to an aromatic ring is 1. The summed E-state index contributed by atoms with van der Waals surface area (Å²) in [5.41, 5.74) is 6.56. The summed E-state index contributed by atoms with van der Waals surface area (Å²) in [5, 5.41) is 3.19. The molecule has 3 N–H and O–H groups in total. The molecular formula is C12H14ClN3O2. The highest BCUT2D eigenvalue weighted by Crippen LogP contribution is 2.20. The molecule has 0 radical (unpaired) electrons. The van der Waals surface area contributed by atoms with E-state index >= 15 is 0 Å². The molecule has 2 amide bonds. The molecule has 5 nitrogen and oxygen atoms in total. The molecule has 1 fully saturated rings. The topological polar surface area (TPSA) is 75.4 Å². The van der Waals surface area contributed by atoms with Crippen LogP contribution in [-0.4, -0.2) is 36.3 Å². The lowest BCUT2D eigenvalue weighted by atomic mass is 10.1. The van der Waals surface area contributed by atoms with E-state index < -0.39 is 0 Å². The van der Waals surface area contributed by atoms with Crippen molar-refractivity contribution in [3.05, 3.63) is 28.8 Å². The summed E-state index contributed by atoms with van der Waals surface area (Å²) >= 11 is 5.86. The third-order valence-electron chi connectivity index (χ3n) is 2.85. The van der Waals surface area contributed by atoms with Gasteiger partial charge in [0.15, 0.2) is 0 Å². The van der Waals surface area contributed by atoms with Gasteiger partial charge >= 0.3 is 0 Å². The fourth-order valence-corrected chi connectivity index (χ4v) is 2.03. The van der Waals surface area contributed by atoms with E-state index in [4.69, 9.17) is 17.3 Å². The summed E-state index contributed by atoms with van der Waals surface area (Å²) in [6.07, 6.45) is 0.312. The number of rotatable bonds is 1. The molecule has 18 heavy (non-hydrogen) atoms. The van der Waals surface area contributed by atoms with Gasteiger partial charge in [-0.3, -0.25) is 9.59 Å². The second-order valence-electron chi connectivity index (χ2n) is 4.12. The highest BCUT2D eigenvalue weighted by atomic mass is 35.5. The van der Waals surface area contributed by atoms with Gasteiger partial charge < -0.3 is 16.0 Å². The lowest BCUT2D eigenvalue weighted by Gasteiger charge is -2.20. The van der Waals surface area contributed by atoms with Gasteiger partial charge in [-0.2, -0.15) is 0 Å². The van der Waals surface area contributed by atoms with Crippen LogP contribution >= 0.6 is 11.6 Å². The standard InChI is InChI=1S/C12H14ClN3O2/c13-8-1-2-10(14)9(7-8)12(18)16-5-3-11(17)15-4-6-16/h1-2,7H,3-6,14H2,(H,15,17). The Morgan fingerprint density at radius 2 is 2.17 bits per heavy atom. The first-order chi connectivity index (χ1) is 8.58. The Morgan fingerprint density at radius 1 is 1.39 bits per heavy atom. The lowest BCUT2D eigenvalue weighted by Crippen LogP contribution is -2.34. The average molecular weight is 268 g/mol. The Kier molecular flexibility index (Phi) is 3.72. The molecular weight excluding hydrogens is 254 g/mol. The highest BCUT2D eigenvalue weighted by molar-refractivity contribution is 6.31. The number of nitrogens with one attached hydrogen (secondary N) is 1. The van der Waals surface area contributed by atoms with Crippen LogP contribution in [0.4, 0.5) is 5.69 Å². The molecule has 0 spiro atoms. The van der Waals surface area contributed by atoms with Crippen molar-refractivity contribution < 1.29 is 9.59 Å². The van der Waals surface area contributed by atoms with Crippen molar-refractivity contribution in [2.75, 3.05) is 25.4 Å². The van der Waals surface area contributed by atoms with E-state index in [0.29, 0.717) is 42.3 Å². The summed E-state index contributed by atoms with van der Waals surface area (Å²) in [4.78, 5) is 25.1. The number of hydrogen-bond acceptors (Lipinski definition) is 3. The molecule has 2 rings (SSSR count). The molecule has 1 aliphatic heterocycles. The third-order valence-corrected chi connectivity index (χ3v) is 3.08. The van der Waals surface area contributed by atoms with E-state index in [9.17, 15) is 9.59 Å². The first-order valence-corrected chi connectivity index (χ1v) is 6.07. The van der Waals surface area contributed by atoms with E-state index in [1.54, 1.807) is 23.1 Å². The zero-order chi connectivity index (χ0) is 13.1.